The van der Waals surface area contributed by atoms with Gasteiger partial charge in [0.15, 0.2) is 0 Å². The average Bonchev–Trinajstić information content (AvgIpc) is 3.02. The van der Waals surface area contributed by atoms with Crippen molar-refractivity contribution in [2.75, 3.05) is 33.2 Å². The van der Waals surface area contributed by atoms with E-state index in [1.165, 1.54) is 6.42 Å². The van der Waals surface area contributed by atoms with Gasteiger partial charge in [-0.15, -0.1) is 0 Å². The Morgan fingerprint density at radius 2 is 1.91 bits per heavy atom. The van der Waals surface area contributed by atoms with Crippen LogP contribution in [0, 0.1) is 5.41 Å². The molecule has 2 fully saturated rings. The molecule has 0 aromatic heterocycles. The zero-order valence-electron chi connectivity index (χ0n) is 13.0. The monoisotopic (exact) mass is 301 g/mol. The van der Waals surface area contributed by atoms with E-state index in [-0.39, 0.29) is 11.8 Å². The molecule has 0 saturated carbocycles. The van der Waals surface area contributed by atoms with E-state index >= 15 is 0 Å². The maximum Gasteiger partial charge on any atom is 0.253 e. The van der Waals surface area contributed by atoms with Crippen LogP contribution < -0.4 is 10.6 Å². The van der Waals surface area contributed by atoms with Crippen molar-refractivity contribution >= 4 is 11.8 Å². The van der Waals surface area contributed by atoms with Crippen LogP contribution in [0.3, 0.4) is 0 Å². The van der Waals surface area contributed by atoms with Crippen LogP contribution in [0.25, 0.3) is 0 Å². The second-order valence-corrected chi connectivity index (χ2v) is 6.38. The van der Waals surface area contributed by atoms with Gasteiger partial charge in [-0.3, -0.25) is 9.59 Å². The number of rotatable bonds is 2. The van der Waals surface area contributed by atoms with Crippen molar-refractivity contribution in [2.45, 2.75) is 19.3 Å². The first kappa shape index (κ1) is 15.0. The molecule has 0 atom stereocenters. The van der Waals surface area contributed by atoms with Gasteiger partial charge in [0.05, 0.1) is 0 Å². The predicted octanol–water partition coefficient (Wildman–Crippen LogP) is 1.26. The summed E-state index contributed by atoms with van der Waals surface area (Å²) >= 11 is 0. The van der Waals surface area contributed by atoms with Crippen LogP contribution in [0.4, 0.5) is 0 Å². The molecule has 1 aromatic carbocycles. The molecule has 2 saturated heterocycles. The van der Waals surface area contributed by atoms with E-state index in [4.69, 9.17) is 0 Å². The van der Waals surface area contributed by atoms with Crippen LogP contribution in [0.2, 0.25) is 0 Å². The lowest BCUT2D eigenvalue weighted by Gasteiger charge is -2.38. The third-order valence-corrected chi connectivity index (χ3v) is 5.04. The Morgan fingerprint density at radius 1 is 1.18 bits per heavy atom. The number of carbonyl (C=O) groups is 2. The summed E-state index contributed by atoms with van der Waals surface area (Å²) in [4.78, 5) is 26.3. The molecule has 0 radical (unpaired) electrons. The quantitative estimate of drug-likeness (QED) is 0.864. The minimum absolute atomic E-state index is 0.0339. The summed E-state index contributed by atoms with van der Waals surface area (Å²) in [6, 6.07) is 6.97. The number of nitrogens with one attached hydrogen (secondary N) is 2. The molecular weight excluding hydrogens is 278 g/mol. The molecule has 2 amide bonds. The Labute approximate surface area is 131 Å². The zero-order valence-corrected chi connectivity index (χ0v) is 13.0. The van der Waals surface area contributed by atoms with Gasteiger partial charge < -0.3 is 15.5 Å². The molecular formula is C17H23N3O2. The van der Waals surface area contributed by atoms with Gasteiger partial charge in [-0.2, -0.15) is 0 Å². The molecule has 22 heavy (non-hydrogen) atoms. The van der Waals surface area contributed by atoms with E-state index in [2.05, 4.69) is 10.6 Å². The molecule has 0 unspecified atom stereocenters. The summed E-state index contributed by atoms with van der Waals surface area (Å²) in [5, 5.41) is 6.03. The summed E-state index contributed by atoms with van der Waals surface area (Å²) in [6.07, 6.45) is 3.36. The minimum atomic E-state index is -0.163. The Balaban J connectivity index is 1.68. The topological polar surface area (TPSA) is 61.4 Å². The Hall–Kier alpha value is -1.88. The number of hydrogen-bond donors (Lipinski definition) is 2. The molecule has 5 nitrogen and oxygen atoms in total. The van der Waals surface area contributed by atoms with Crippen molar-refractivity contribution in [3.05, 3.63) is 35.4 Å². The van der Waals surface area contributed by atoms with Crippen molar-refractivity contribution in [3.63, 3.8) is 0 Å². The molecule has 0 bridgehead atoms. The number of hydrogen-bond acceptors (Lipinski definition) is 3. The molecule has 0 aliphatic carbocycles. The van der Waals surface area contributed by atoms with Gasteiger partial charge in [-0.25, -0.2) is 0 Å². The highest BCUT2D eigenvalue weighted by Crippen LogP contribution is 2.37. The Bertz CT molecular complexity index is 569. The lowest BCUT2D eigenvalue weighted by atomic mass is 9.78. The van der Waals surface area contributed by atoms with Crippen LogP contribution in [0.1, 0.15) is 40.0 Å². The highest BCUT2D eigenvalue weighted by Gasteiger charge is 2.38. The van der Waals surface area contributed by atoms with Gasteiger partial charge >= 0.3 is 0 Å². The third kappa shape index (κ3) is 2.86. The molecule has 2 N–H and O–H groups in total. The van der Waals surface area contributed by atoms with Gasteiger partial charge in [-0.05, 0) is 49.4 Å². The normalized spacial score (nSPS) is 20.1. The lowest BCUT2D eigenvalue weighted by Crippen LogP contribution is -2.44. The molecule has 118 valence electrons. The average molecular weight is 301 g/mol. The summed E-state index contributed by atoms with van der Waals surface area (Å²) in [5.74, 6) is -0.129. The molecule has 2 heterocycles. The Kier molecular flexibility index (Phi) is 4.16. The summed E-state index contributed by atoms with van der Waals surface area (Å²) in [7, 11) is 1.59. The highest BCUT2D eigenvalue weighted by atomic mass is 16.2. The lowest BCUT2D eigenvalue weighted by molar-refractivity contribution is 0.0607. The van der Waals surface area contributed by atoms with Crippen LogP contribution in [0.15, 0.2) is 24.3 Å². The molecule has 5 heteroatoms. The maximum atomic E-state index is 12.6. The van der Waals surface area contributed by atoms with Gasteiger partial charge in [0, 0.05) is 37.8 Å². The van der Waals surface area contributed by atoms with Crippen molar-refractivity contribution in [3.8, 4) is 0 Å². The SMILES string of the molecule is CNC(=O)c1cccc(C(=O)N2CCC3(CCNC3)CC2)c1. The smallest absolute Gasteiger partial charge is 0.253 e. The molecule has 2 aliphatic rings. The van der Waals surface area contributed by atoms with Gasteiger partial charge in [0.2, 0.25) is 0 Å². The fourth-order valence-electron chi connectivity index (χ4n) is 3.53. The first-order valence-corrected chi connectivity index (χ1v) is 7.96. The van der Waals surface area contributed by atoms with Crippen molar-refractivity contribution in [1.29, 1.82) is 0 Å². The van der Waals surface area contributed by atoms with Gasteiger partial charge in [0.1, 0.15) is 0 Å². The van der Waals surface area contributed by atoms with Crippen LogP contribution >= 0.6 is 0 Å². The summed E-state index contributed by atoms with van der Waals surface area (Å²) in [6.45, 7) is 3.80. The van der Waals surface area contributed by atoms with Crippen molar-refractivity contribution in [2.24, 2.45) is 5.41 Å². The summed E-state index contributed by atoms with van der Waals surface area (Å²) < 4.78 is 0. The van der Waals surface area contributed by atoms with Gasteiger partial charge in [0.25, 0.3) is 11.8 Å². The molecule has 1 spiro atoms. The van der Waals surface area contributed by atoms with Crippen LogP contribution in [-0.4, -0.2) is 49.9 Å². The maximum absolute atomic E-state index is 12.6. The predicted molar refractivity (Wildman–Crippen MR) is 84.9 cm³/mol. The molecule has 2 aliphatic heterocycles. The number of amides is 2. The van der Waals surface area contributed by atoms with Gasteiger partial charge in [-0.1, -0.05) is 6.07 Å². The standard InChI is InChI=1S/C17H23N3O2/c1-18-15(21)13-3-2-4-14(11-13)16(22)20-9-6-17(7-10-20)5-8-19-12-17/h2-4,11,19H,5-10,12H2,1H3,(H,18,21). The van der Waals surface area contributed by atoms with E-state index in [1.54, 1.807) is 31.3 Å². The van der Waals surface area contributed by atoms with E-state index in [9.17, 15) is 9.59 Å². The fraction of sp³-hybridized carbons (Fsp3) is 0.529. The number of likely N-dealkylation sites (tertiary alicyclic amines) is 1. The fourth-order valence-corrected chi connectivity index (χ4v) is 3.53. The van der Waals surface area contributed by atoms with E-state index < -0.39 is 0 Å². The number of carbonyl (C=O) groups excluding carboxylic acids is 2. The first-order valence-electron chi connectivity index (χ1n) is 7.96. The van der Waals surface area contributed by atoms with Crippen molar-refractivity contribution < 1.29 is 9.59 Å². The molecule has 3 rings (SSSR count). The second-order valence-electron chi connectivity index (χ2n) is 6.38. The van der Waals surface area contributed by atoms with Crippen LogP contribution in [-0.2, 0) is 0 Å². The van der Waals surface area contributed by atoms with E-state index in [0.717, 1.165) is 39.0 Å². The van der Waals surface area contributed by atoms with Crippen molar-refractivity contribution in [1.82, 2.24) is 15.5 Å². The second kappa shape index (κ2) is 6.08. The third-order valence-electron chi connectivity index (χ3n) is 5.04. The van der Waals surface area contributed by atoms with E-state index in [1.807, 2.05) is 4.90 Å². The van der Waals surface area contributed by atoms with Crippen LogP contribution in [0.5, 0.6) is 0 Å². The summed E-state index contributed by atoms with van der Waals surface area (Å²) in [5.41, 5.74) is 1.53. The highest BCUT2D eigenvalue weighted by molar-refractivity contribution is 5.99. The first-order chi connectivity index (χ1) is 10.6. The number of nitrogens with zero attached hydrogens (tertiary/aromatic N) is 1. The number of piperidine rings is 1. The molecule has 1 aromatic rings. The Morgan fingerprint density at radius 3 is 2.55 bits per heavy atom. The van der Waals surface area contributed by atoms with E-state index in [0.29, 0.717) is 16.5 Å². The number of benzene rings is 1. The largest absolute Gasteiger partial charge is 0.355 e. The minimum Gasteiger partial charge on any atom is -0.355 e. The zero-order chi connectivity index (χ0) is 15.6.